The van der Waals surface area contributed by atoms with Crippen molar-refractivity contribution in [3.8, 4) is 11.1 Å². The van der Waals surface area contributed by atoms with Gasteiger partial charge in [0, 0.05) is 11.1 Å². The van der Waals surface area contributed by atoms with Crippen molar-refractivity contribution in [1.29, 1.82) is 0 Å². The number of hydrogen-bond donors (Lipinski definition) is 0. The van der Waals surface area contributed by atoms with Crippen molar-refractivity contribution in [2.75, 3.05) is 0 Å². The highest BCUT2D eigenvalue weighted by Crippen LogP contribution is 2.43. The van der Waals surface area contributed by atoms with Crippen molar-refractivity contribution >= 4 is 0 Å². The Balaban J connectivity index is 1.61. The number of ether oxygens (including phenoxy) is 1. The Morgan fingerprint density at radius 2 is 1.44 bits per heavy atom. The summed E-state index contributed by atoms with van der Waals surface area (Å²) in [6.07, 6.45) is -9.38. The lowest BCUT2D eigenvalue weighted by molar-refractivity contribution is -0.438. The average molecular weight is 466 g/mol. The summed E-state index contributed by atoms with van der Waals surface area (Å²) in [5.41, 5.74) is 0.615. The second kappa shape index (κ2) is 9.37. The van der Waals surface area contributed by atoms with Crippen molar-refractivity contribution in [3.63, 3.8) is 0 Å². The lowest BCUT2D eigenvalue weighted by Gasteiger charge is -2.33. The van der Waals surface area contributed by atoms with Crippen LogP contribution in [0.3, 0.4) is 0 Å². The molecule has 176 valence electrons. The van der Waals surface area contributed by atoms with Crippen LogP contribution in [0.4, 0.5) is 35.1 Å². The molecule has 0 unspecified atom stereocenters. The van der Waals surface area contributed by atoms with Gasteiger partial charge in [0.25, 0.3) is 0 Å². The molecule has 2 aromatic rings. The summed E-state index contributed by atoms with van der Waals surface area (Å²) >= 11 is 0. The third-order valence-corrected chi connectivity index (χ3v) is 5.95. The quantitative estimate of drug-likeness (QED) is 0.393. The molecule has 3 rings (SSSR count). The predicted molar refractivity (Wildman–Crippen MR) is 102 cm³/mol. The van der Waals surface area contributed by atoms with E-state index in [1.165, 1.54) is 12.1 Å². The SMILES string of the molecule is Cc1ccc(-c2cc(F)c(CCC3CCC(C(F)(F)OC(F)(F)F)CC3)c(F)c2)c(F)c1. The number of halogens is 8. The first-order valence-corrected chi connectivity index (χ1v) is 10.2. The molecular weight excluding hydrogens is 444 g/mol. The highest BCUT2D eigenvalue weighted by atomic mass is 19.4. The molecule has 1 fully saturated rings. The van der Waals surface area contributed by atoms with E-state index in [-0.39, 0.29) is 54.7 Å². The van der Waals surface area contributed by atoms with E-state index in [1.54, 1.807) is 13.0 Å². The normalized spacial score (nSPS) is 19.9. The average Bonchev–Trinajstić information content (AvgIpc) is 2.65. The fraction of sp³-hybridized carbons (Fsp3) is 0.478. The molecule has 0 atom stereocenters. The first-order chi connectivity index (χ1) is 14.9. The van der Waals surface area contributed by atoms with E-state index >= 15 is 0 Å². The van der Waals surface area contributed by atoms with E-state index < -0.39 is 35.8 Å². The molecule has 0 aliphatic heterocycles. The summed E-state index contributed by atoms with van der Waals surface area (Å²) in [6, 6.07) is 6.44. The largest absolute Gasteiger partial charge is 0.527 e. The number of benzene rings is 2. The lowest BCUT2D eigenvalue weighted by Crippen LogP contribution is -2.39. The maximum absolute atomic E-state index is 14.6. The van der Waals surface area contributed by atoms with Crippen LogP contribution in [0.2, 0.25) is 0 Å². The van der Waals surface area contributed by atoms with Crippen molar-refractivity contribution in [2.24, 2.45) is 11.8 Å². The first-order valence-electron chi connectivity index (χ1n) is 10.2. The second-order valence-electron chi connectivity index (χ2n) is 8.27. The van der Waals surface area contributed by atoms with Gasteiger partial charge in [-0.15, -0.1) is 13.2 Å². The molecule has 1 aliphatic rings. The second-order valence-corrected chi connectivity index (χ2v) is 8.27. The minimum Gasteiger partial charge on any atom is -0.225 e. The Hall–Kier alpha value is -2.16. The van der Waals surface area contributed by atoms with Gasteiger partial charge < -0.3 is 0 Å². The smallest absolute Gasteiger partial charge is 0.225 e. The fourth-order valence-electron chi connectivity index (χ4n) is 4.22. The topological polar surface area (TPSA) is 9.23 Å². The molecule has 0 saturated heterocycles. The van der Waals surface area contributed by atoms with Crippen LogP contribution in [0.1, 0.15) is 43.2 Å². The Morgan fingerprint density at radius 1 is 0.844 bits per heavy atom. The fourth-order valence-corrected chi connectivity index (χ4v) is 4.22. The predicted octanol–water partition coefficient (Wildman–Crippen LogP) is 7.95. The van der Waals surface area contributed by atoms with Gasteiger partial charge in [-0.3, -0.25) is 0 Å². The first kappa shape index (κ1) is 24.5. The van der Waals surface area contributed by atoms with E-state index in [2.05, 4.69) is 4.74 Å². The molecule has 0 N–H and O–H groups in total. The third-order valence-electron chi connectivity index (χ3n) is 5.95. The van der Waals surface area contributed by atoms with Crippen LogP contribution in [-0.4, -0.2) is 12.5 Å². The van der Waals surface area contributed by atoms with E-state index in [9.17, 15) is 35.1 Å². The highest BCUT2D eigenvalue weighted by molar-refractivity contribution is 5.65. The van der Waals surface area contributed by atoms with Gasteiger partial charge in [0.05, 0.1) is 5.92 Å². The third kappa shape index (κ3) is 5.99. The molecule has 0 bridgehead atoms. The molecule has 1 aliphatic carbocycles. The van der Waals surface area contributed by atoms with Gasteiger partial charge in [-0.1, -0.05) is 12.1 Å². The maximum atomic E-state index is 14.6. The van der Waals surface area contributed by atoms with Gasteiger partial charge in [0.2, 0.25) is 0 Å². The Kier molecular flexibility index (Phi) is 7.17. The lowest BCUT2D eigenvalue weighted by atomic mass is 9.79. The van der Waals surface area contributed by atoms with Gasteiger partial charge in [-0.25, -0.2) is 17.9 Å². The van der Waals surface area contributed by atoms with Crippen LogP contribution < -0.4 is 0 Å². The Labute approximate surface area is 180 Å². The summed E-state index contributed by atoms with van der Waals surface area (Å²) in [5.74, 6) is -3.98. The Morgan fingerprint density at radius 3 is 1.97 bits per heavy atom. The molecule has 9 heteroatoms. The van der Waals surface area contributed by atoms with Crippen LogP contribution in [0.25, 0.3) is 11.1 Å². The summed E-state index contributed by atoms with van der Waals surface area (Å²) < 4.78 is 110. The van der Waals surface area contributed by atoms with Gasteiger partial charge in [-0.05, 0) is 80.7 Å². The highest BCUT2D eigenvalue weighted by Gasteiger charge is 2.50. The van der Waals surface area contributed by atoms with Crippen LogP contribution >= 0.6 is 0 Å². The van der Waals surface area contributed by atoms with Crippen molar-refractivity contribution in [1.82, 2.24) is 0 Å². The summed E-state index contributed by atoms with van der Waals surface area (Å²) in [7, 11) is 0. The van der Waals surface area contributed by atoms with Gasteiger partial charge in [-0.2, -0.15) is 8.78 Å². The van der Waals surface area contributed by atoms with Crippen molar-refractivity contribution in [2.45, 2.75) is 57.9 Å². The molecule has 1 saturated carbocycles. The molecule has 0 spiro atoms. The van der Waals surface area contributed by atoms with E-state index in [0.717, 1.165) is 12.1 Å². The molecule has 2 aromatic carbocycles. The molecule has 32 heavy (non-hydrogen) atoms. The van der Waals surface area contributed by atoms with E-state index in [4.69, 9.17) is 0 Å². The van der Waals surface area contributed by atoms with Gasteiger partial charge in [0.1, 0.15) is 17.5 Å². The molecular formula is C23H22F8O. The van der Waals surface area contributed by atoms with Crippen LogP contribution in [0.15, 0.2) is 30.3 Å². The van der Waals surface area contributed by atoms with Crippen LogP contribution in [0.5, 0.6) is 0 Å². The minimum absolute atomic E-state index is 0.000889. The minimum atomic E-state index is -5.43. The zero-order valence-corrected chi connectivity index (χ0v) is 17.2. The molecule has 1 nitrogen and oxygen atoms in total. The summed E-state index contributed by atoms with van der Waals surface area (Å²) in [6.45, 7) is 1.69. The summed E-state index contributed by atoms with van der Waals surface area (Å²) in [4.78, 5) is 0. The molecule has 0 amide bonds. The zero-order valence-electron chi connectivity index (χ0n) is 17.2. The number of hydrogen-bond acceptors (Lipinski definition) is 1. The monoisotopic (exact) mass is 466 g/mol. The van der Waals surface area contributed by atoms with E-state index in [1.807, 2.05) is 0 Å². The van der Waals surface area contributed by atoms with Gasteiger partial charge >= 0.3 is 12.5 Å². The number of rotatable bonds is 6. The van der Waals surface area contributed by atoms with Crippen molar-refractivity contribution < 1.29 is 39.9 Å². The standard InChI is InChI=1S/C23H22F8O/c1-13-2-8-17(19(24)10-13)15-11-20(25)18(21(26)12-15)9-5-14-3-6-16(7-4-14)22(27,28)32-23(29,30)31/h2,8,10-12,14,16H,3-7,9H2,1H3. The molecule has 0 radical (unpaired) electrons. The van der Waals surface area contributed by atoms with Crippen LogP contribution in [-0.2, 0) is 11.2 Å². The van der Waals surface area contributed by atoms with E-state index in [0.29, 0.717) is 12.0 Å². The zero-order chi connectivity index (χ0) is 23.7. The van der Waals surface area contributed by atoms with Gasteiger partial charge in [0.15, 0.2) is 0 Å². The maximum Gasteiger partial charge on any atom is 0.527 e. The summed E-state index contributed by atoms with van der Waals surface area (Å²) in [5, 5.41) is 0. The Bertz CT molecular complexity index is 922. The molecule has 0 aromatic heterocycles. The van der Waals surface area contributed by atoms with Crippen LogP contribution in [0, 0.1) is 36.2 Å². The number of aryl methyl sites for hydroxylation is 1. The molecule has 0 heterocycles. The van der Waals surface area contributed by atoms with Crippen molar-refractivity contribution in [3.05, 3.63) is 58.9 Å². The number of alkyl halides is 5.